The molecule has 0 N–H and O–H groups in total. The Bertz CT molecular complexity index is 486. The van der Waals surface area contributed by atoms with Crippen molar-refractivity contribution in [2.24, 2.45) is 0 Å². The normalized spacial score (nSPS) is 11.1. The lowest BCUT2D eigenvalue weighted by molar-refractivity contribution is -0.126. The fraction of sp³-hybridized carbons (Fsp3) is 0.571. The highest BCUT2D eigenvalue weighted by Crippen LogP contribution is 2.12. The molecule has 0 heterocycles. The molecule has 1 rings (SSSR count). The van der Waals surface area contributed by atoms with Crippen LogP contribution in [0.1, 0.15) is 70.8 Å². The van der Waals surface area contributed by atoms with E-state index in [1.807, 2.05) is 35.2 Å². The minimum Gasteiger partial charge on any atom is -0.339 e. The van der Waals surface area contributed by atoms with Crippen LogP contribution in [-0.4, -0.2) is 23.9 Å². The van der Waals surface area contributed by atoms with Crippen LogP contribution in [0.25, 0.3) is 6.08 Å². The monoisotopic (exact) mass is 349 g/mol. The number of carbonyl (C=O) groups is 1. The molecule has 3 heteroatoms. The zero-order valence-corrected chi connectivity index (χ0v) is 16.0. The molecule has 0 fully saturated rings. The van der Waals surface area contributed by atoms with Crippen molar-refractivity contribution >= 4 is 23.6 Å². The van der Waals surface area contributed by atoms with Crippen LogP contribution in [-0.2, 0) is 4.79 Å². The van der Waals surface area contributed by atoms with Gasteiger partial charge in [0, 0.05) is 24.2 Å². The molecule has 0 saturated carbocycles. The highest BCUT2D eigenvalue weighted by molar-refractivity contribution is 6.30. The maximum absolute atomic E-state index is 12.5. The summed E-state index contributed by atoms with van der Waals surface area (Å²) in [6.45, 7) is 6.15. The van der Waals surface area contributed by atoms with Crippen LogP contribution in [0.4, 0.5) is 0 Å². The van der Waals surface area contributed by atoms with Crippen molar-refractivity contribution in [2.45, 2.75) is 65.2 Å². The molecule has 0 saturated heterocycles. The predicted octanol–water partition coefficient (Wildman–Crippen LogP) is 6.34. The molecule has 2 nitrogen and oxygen atoms in total. The van der Waals surface area contributed by atoms with Crippen molar-refractivity contribution in [3.63, 3.8) is 0 Å². The van der Waals surface area contributed by atoms with Crippen molar-refractivity contribution in [3.05, 3.63) is 40.9 Å². The van der Waals surface area contributed by atoms with Crippen LogP contribution in [0, 0.1) is 0 Å². The van der Waals surface area contributed by atoms with Crippen LogP contribution in [0.15, 0.2) is 30.3 Å². The Morgan fingerprint density at radius 2 is 1.62 bits per heavy atom. The van der Waals surface area contributed by atoms with Crippen molar-refractivity contribution in [3.8, 4) is 0 Å². The molecular formula is C21H32ClNO. The van der Waals surface area contributed by atoms with Crippen molar-refractivity contribution < 1.29 is 4.79 Å². The summed E-state index contributed by atoms with van der Waals surface area (Å²) in [5.41, 5.74) is 0.966. The molecule has 0 radical (unpaired) electrons. The van der Waals surface area contributed by atoms with E-state index in [9.17, 15) is 4.79 Å². The Morgan fingerprint density at radius 3 is 2.17 bits per heavy atom. The van der Waals surface area contributed by atoms with Crippen molar-refractivity contribution in [1.29, 1.82) is 0 Å². The fourth-order valence-electron chi connectivity index (χ4n) is 2.67. The number of carbonyl (C=O) groups excluding carboxylic acids is 1. The van der Waals surface area contributed by atoms with Crippen LogP contribution < -0.4 is 0 Å². The van der Waals surface area contributed by atoms with Crippen LogP contribution >= 0.6 is 11.6 Å². The van der Waals surface area contributed by atoms with Gasteiger partial charge in [0.05, 0.1) is 0 Å². The summed E-state index contributed by atoms with van der Waals surface area (Å²) >= 11 is 5.99. The first kappa shape index (κ1) is 20.8. The number of hydrogen-bond donors (Lipinski definition) is 0. The summed E-state index contributed by atoms with van der Waals surface area (Å²) < 4.78 is 0. The molecule has 0 spiro atoms. The lowest BCUT2D eigenvalue weighted by Gasteiger charge is -2.21. The van der Waals surface area contributed by atoms with Gasteiger partial charge >= 0.3 is 0 Å². The summed E-state index contributed by atoms with van der Waals surface area (Å²) in [5, 5.41) is 0.695. The zero-order valence-electron chi connectivity index (χ0n) is 15.3. The van der Waals surface area contributed by atoms with Gasteiger partial charge < -0.3 is 4.90 Å². The van der Waals surface area contributed by atoms with E-state index >= 15 is 0 Å². The van der Waals surface area contributed by atoms with Gasteiger partial charge in [-0.15, -0.1) is 0 Å². The smallest absolute Gasteiger partial charge is 0.246 e. The van der Waals surface area contributed by atoms with Gasteiger partial charge in [-0.25, -0.2) is 0 Å². The first-order valence-corrected chi connectivity index (χ1v) is 9.77. The summed E-state index contributed by atoms with van der Waals surface area (Å²) in [6, 6.07) is 7.58. The number of rotatable bonds is 12. The third-order valence-electron chi connectivity index (χ3n) is 4.14. The van der Waals surface area contributed by atoms with Gasteiger partial charge in [-0.2, -0.15) is 0 Å². The lowest BCUT2D eigenvalue weighted by atomic mass is 10.1. The van der Waals surface area contributed by atoms with Crippen molar-refractivity contribution in [2.75, 3.05) is 13.1 Å². The highest BCUT2D eigenvalue weighted by Gasteiger charge is 2.09. The molecule has 0 atom stereocenters. The summed E-state index contributed by atoms with van der Waals surface area (Å²) in [4.78, 5) is 14.5. The largest absolute Gasteiger partial charge is 0.339 e. The summed E-state index contributed by atoms with van der Waals surface area (Å²) in [6.07, 6.45) is 13.1. The second-order valence-electron chi connectivity index (χ2n) is 6.33. The summed E-state index contributed by atoms with van der Waals surface area (Å²) in [5.74, 6) is 0.114. The molecule has 0 unspecified atom stereocenters. The third-order valence-corrected chi connectivity index (χ3v) is 4.38. The zero-order chi connectivity index (χ0) is 17.6. The fourth-order valence-corrected chi connectivity index (χ4v) is 2.87. The van der Waals surface area contributed by atoms with Gasteiger partial charge in [-0.3, -0.25) is 4.79 Å². The predicted molar refractivity (Wildman–Crippen MR) is 105 cm³/mol. The molecule has 134 valence electrons. The average Bonchev–Trinajstić information content (AvgIpc) is 2.58. The molecule has 0 aliphatic rings. The number of amides is 1. The number of halogens is 1. The highest BCUT2D eigenvalue weighted by atomic mass is 35.5. The number of unbranched alkanes of at least 4 members (excludes halogenated alkanes) is 6. The SMILES string of the molecule is CCCCCCN(CCCCCC)C(=O)/C=C/c1cccc(Cl)c1. The molecule has 0 bridgehead atoms. The van der Waals surface area contributed by atoms with Gasteiger partial charge in [0.25, 0.3) is 0 Å². The maximum Gasteiger partial charge on any atom is 0.246 e. The molecule has 0 aliphatic carbocycles. The minimum absolute atomic E-state index is 0.114. The van der Waals surface area contributed by atoms with Gasteiger partial charge in [0.2, 0.25) is 5.91 Å². The maximum atomic E-state index is 12.5. The van der Waals surface area contributed by atoms with Crippen LogP contribution in [0.2, 0.25) is 5.02 Å². The van der Waals surface area contributed by atoms with Gasteiger partial charge in [-0.1, -0.05) is 76.1 Å². The summed E-state index contributed by atoms with van der Waals surface area (Å²) in [7, 11) is 0. The van der Waals surface area contributed by atoms with Crippen LogP contribution in [0.3, 0.4) is 0 Å². The molecule has 1 amide bonds. The second-order valence-corrected chi connectivity index (χ2v) is 6.77. The average molecular weight is 350 g/mol. The Morgan fingerprint density at radius 1 is 1.00 bits per heavy atom. The number of nitrogens with zero attached hydrogens (tertiary/aromatic N) is 1. The second kappa shape index (κ2) is 13.1. The van der Waals surface area contributed by atoms with Gasteiger partial charge in [0.1, 0.15) is 0 Å². The molecule has 1 aromatic rings. The van der Waals surface area contributed by atoms with Crippen LogP contribution in [0.5, 0.6) is 0 Å². The molecule has 0 aliphatic heterocycles. The van der Waals surface area contributed by atoms with Gasteiger partial charge in [0.15, 0.2) is 0 Å². The van der Waals surface area contributed by atoms with E-state index in [-0.39, 0.29) is 5.91 Å². The Hall–Kier alpha value is -1.28. The van der Waals surface area contributed by atoms with E-state index < -0.39 is 0 Å². The minimum atomic E-state index is 0.114. The van der Waals surface area contributed by atoms with E-state index in [0.29, 0.717) is 5.02 Å². The van der Waals surface area contributed by atoms with E-state index in [0.717, 1.165) is 31.5 Å². The Labute approximate surface area is 152 Å². The van der Waals surface area contributed by atoms with Crippen molar-refractivity contribution in [1.82, 2.24) is 4.90 Å². The third kappa shape index (κ3) is 9.12. The Kier molecular flexibility index (Phi) is 11.3. The van der Waals surface area contributed by atoms with Gasteiger partial charge in [-0.05, 0) is 36.6 Å². The lowest BCUT2D eigenvalue weighted by Crippen LogP contribution is -2.31. The molecule has 0 aromatic heterocycles. The first-order chi connectivity index (χ1) is 11.7. The standard InChI is InChI=1S/C21H32ClNO/c1-3-5-7-9-16-23(17-10-8-6-4-2)21(24)15-14-19-12-11-13-20(22)18-19/h11-15,18H,3-10,16-17H2,1-2H3/b15-14+. The van der Waals surface area contributed by atoms with E-state index in [4.69, 9.17) is 11.6 Å². The molecule has 1 aromatic carbocycles. The molecule has 24 heavy (non-hydrogen) atoms. The number of benzene rings is 1. The van der Waals surface area contributed by atoms with E-state index in [1.54, 1.807) is 6.08 Å². The topological polar surface area (TPSA) is 20.3 Å². The number of hydrogen-bond acceptors (Lipinski definition) is 1. The Balaban J connectivity index is 2.56. The van der Waals surface area contributed by atoms with E-state index in [2.05, 4.69) is 13.8 Å². The van der Waals surface area contributed by atoms with E-state index in [1.165, 1.54) is 38.5 Å². The molecular weight excluding hydrogens is 318 g/mol. The quantitative estimate of drug-likeness (QED) is 0.318. The first-order valence-electron chi connectivity index (χ1n) is 9.40.